The van der Waals surface area contributed by atoms with Crippen LogP contribution in [0.15, 0.2) is 0 Å². The molecule has 0 radical (unpaired) electrons. The lowest BCUT2D eigenvalue weighted by Crippen LogP contribution is -2.53. The molecule has 2 fully saturated rings. The van der Waals surface area contributed by atoms with Gasteiger partial charge < -0.3 is 4.90 Å². The number of rotatable bonds is 0. The largest absolute Gasteiger partial charge is 0.337 e. The van der Waals surface area contributed by atoms with Gasteiger partial charge in [-0.05, 0) is 38.5 Å². The predicted molar refractivity (Wildman–Crippen MR) is 52.3 cm³/mol. The first-order chi connectivity index (χ1) is 6.20. The molecule has 0 spiro atoms. The molecule has 2 aliphatic heterocycles. The molecule has 0 aromatic rings. The van der Waals surface area contributed by atoms with Crippen LogP contribution < -0.4 is 0 Å². The highest BCUT2D eigenvalue weighted by atomic mass is 16.2. The van der Waals surface area contributed by atoms with E-state index in [0.29, 0.717) is 23.9 Å². The van der Waals surface area contributed by atoms with Gasteiger partial charge in [0.05, 0.1) is 0 Å². The third-order valence-electron chi connectivity index (χ3n) is 3.83. The molecule has 2 aliphatic rings. The molecular weight excluding hydrogens is 162 g/mol. The number of hydrogen-bond acceptors (Lipinski definition) is 1. The van der Waals surface area contributed by atoms with Gasteiger partial charge in [-0.25, -0.2) is 0 Å². The fourth-order valence-corrected chi connectivity index (χ4v) is 2.77. The van der Waals surface area contributed by atoms with Crippen LogP contribution in [-0.4, -0.2) is 22.9 Å². The van der Waals surface area contributed by atoms with Crippen molar-refractivity contribution in [2.45, 2.75) is 58.0 Å². The summed E-state index contributed by atoms with van der Waals surface area (Å²) in [7, 11) is 0. The fourth-order valence-electron chi connectivity index (χ4n) is 2.77. The minimum absolute atomic E-state index is 0.398. The van der Waals surface area contributed by atoms with E-state index in [0.717, 1.165) is 12.8 Å². The van der Waals surface area contributed by atoms with E-state index in [1.165, 1.54) is 19.3 Å². The minimum Gasteiger partial charge on any atom is -0.337 e. The Morgan fingerprint density at radius 1 is 1.23 bits per heavy atom. The predicted octanol–water partition coefficient (Wildman–Crippen LogP) is 2.19. The van der Waals surface area contributed by atoms with Crippen molar-refractivity contribution in [2.75, 3.05) is 0 Å². The molecule has 2 saturated heterocycles. The van der Waals surface area contributed by atoms with Crippen molar-refractivity contribution in [3.05, 3.63) is 0 Å². The highest BCUT2D eigenvalue weighted by Crippen LogP contribution is 2.33. The summed E-state index contributed by atoms with van der Waals surface area (Å²) in [4.78, 5) is 13.9. The summed E-state index contributed by atoms with van der Waals surface area (Å²) in [5.74, 6) is 1.09. The van der Waals surface area contributed by atoms with Crippen LogP contribution in [0.4, 0.5) is 0 Å². The smallest absolute Gasteiger partial charge is 0.223 e. The highest BCUT2D eigenvalue weighted by molar-refractivity contribution is 5.77. The Labute approximate surface area is 80.3 Å². The molecule has 2 heterocycles. The van der Waals surface area contributed by atoms with E-state index in [9.17, 15) is 4.79 Å². The van der Waals surface area contributed by atoms with Crippen LogP contribution in [0.3, 0.4) is 0 Å². The molecule has 0 bridgehead atoms. The molecule has 3 atom stereocenters. The SMILES string of the molecule is C[C@@H]1[C@@H](C)CCC2CCCC(=O)N21. The van der Waals surface area contributed by atoms with Crippen molar-refractivity contribution in [2.24, 2.45) is 5.92 Å². The zero-order chi connectivity index (χ0) is 9.42. The standard InChI is InChI=1S/C11H19NO/c1-8-6-7-10-4-3-5-11(13)12(10)9(8)2/h8-10H,3-7H2,1-2H3/t8-,9+,10?/m0/s1. The van der Waals surface area contributed by atoms with Crippen LogP contribution in [-0.2, 0) is 4.79 Å². The molecule has 2 heteroatoms. The maximum atomic E-state index is 11.7. The summed E-state index contributed by atoms with van der Waals surface area (Å²) in [5, 5.41) is 0. The molecule has 0 aliphatic carbocycles. The van der Waals surface area contributed by atoms with Gasteiger partial charge in [0.25, 0.3) is 0 Å². The monoisotopic (exact) mass is 181 g/mol. The van der Waals surface area contributed by atoms with Crippen LogP contribution >= 0.6 is 0 Å². The zero-order valence-electron chi connectivity index (χ0n) is 8.62. The van der Waals surface area contributed by atoms with Crippen LogP contribution in [0, 0.1) is 5.92 Å². The average Bonchev–Trinajstić information content (AvgIpc) is 2.12. The molecule has 0 aromatic carbocycles. The molecule has 0 aromatic heterocycles. The lowest BCUT2D eigenvalue weighted by Gasteiger charge is -2.46. The molecule has 2 rings (SSSR count). The van der Waals surface area contributed by atoms with E-state index < -0.39 is 0 Å². The average molecular weight is 181 g/mol. The van der Waals surface area contributed by atoms with Crippen LogP contribution in [0.2, 0.25) is 0 Å². The first kappa shape index (κ1) is 9.04. The lowest BCUT2D eigenvalue weighted by atomic mass is 9.83. The summed E-state index contributed by atoms with van der Waals surface area (Å²) in [6.45, 7) is 4.48. The molecule has 0 N–H and O–H groups in total. The molecular formula is C11H19NO. The van der Waals surface area contributed by atoms with Crippen LogP contribution in [0.25, 0.3) is 0 Å². The van der Waals surface area contributed by atoms with Gasteiger partial charge in [-0.1, -0.05) is 6.92 Å². The second kappa shape index (κ2) is 3.32. The van der Waals surface area contributed by atoms with Gasteiger partial charge in [0.1, 0.15) is 0 Å². The molecule has 0 saturated carbocycles. The Morgan fingerprint density at radius 3 is 2.77 bits per heavy atom. The number of carbonyl (C=O) groups is 1. The Kier molecular flexibility index (Phi) is 2.31. The third kappa shape index (κ3) is 1.47. The Hall–Kier alpha value is -0.530. The van der Waals surface area contributed by atoms with Gasteiger partial charge in [-0.3, -0.25) is 4.79 Å². The zero-order valence-corrected chi connectivity index (χ0v) is 8.62. The van der Waals surface area contributed by atoms with Gasteiger partial charge in [0.15, 0.2) is 0 Å². The van der Waals surface area contributed by atoms with Gasteiger partial charge in [-0.2, -0.15) is 0 Å². The van der Waals surface area contributed by atoms with Gasteiger partial charge in [-0.15, -0.1) is 0 Å². The highest BCUT2D eigenvalue weighted by Gasteiger charge is 2.37. The normalized spacial score (nSPS) is 40.3. The van der Waals surface area contributed by atoms with E-state index in [2.05, 4.69) is 18.7 Å². The van der Waals surface area contributed by atoms with Crippen LogP contribution in [0.1, 0.15) is 46.0 Å². The lowest BCUT2D eigenvalue weighted by molar-refractivity contribution is -0.143. The molecule has 13 heavy (non-hydrogen) atoms. The topological polar surface area (TPSA) is 20.3 Å². The summed E-state index contributed by atoms with van der Waals surface area (Å²) < 4.78 is 0. The van der Waals surface area contributed by atoms with E-state index in [1.807, 2.05) is 0 Å². The second-order valence-corrected chi connectivity index (χ2v) is 4.64. The summed E-state index contributed by atoms with van der Waals surface area (Å²) in [5.41, 5.74) is 0. The van der Waals surface area contributed by atoms with E-state index in [-0.39, 0.29) is 0 Å². The first-order valence-electron chi connectivity index (χ1n) is 5.51. The molecule has 74 valence electrons. The Morgan fingerprint density at radius 2 is 2.00 bits per heavy atom. The maximum Gasteiger partial charge on any atom is 0.223 e. The van der Waals surface area contributed by atoms with Gasteiger partial charge in [0.2, 0.25) is 5.91 Å². The number of nitrogens with zero attached hydrogens (tertiary/aromatic N) is 1. The first-order valence-corrected chi connectivity index (χ1v) is 5.51. The minimum atomic E-state index is 0.398. The number of amides is 1. The summed E-state index contributed by atoms with van der Waals surface area (Å²) in [6, 6.07) is 1.05. The number of hydrogen-bond donors (Lipinski definition) is 0. The number of piperidine rings is 2. The third-order valence-corrected chi connectivity index (χ3v) is 3.83. The van der Waals surface area contributed by atoms with Crippen molar-refractivity contribution >= 4 is 5.91 Å². The van der Waals surface area contributed by atoms with Gasteiger partial charge in [0, 0.05) is 18.5 Å². The van der Waals surface area contributed by atoms with Crippen molar-refractivity contribution in [1.29, 1.82) is 0 Å². The van der Waals surface area contributed by atoms with Crippen molar-refractivity contribution in [3.63, 3.8) is 0 Å². The van der Waals surface area contributed by atoms with E-state index >= 15 is 0 Å². The number of carbonyl (C=O) groups excluding carboxylic acids is 1. The van der Waals surface area contributed by atoms with E-state index in [4.69, 9.17) is 0 Å². The number of fused-ring (bicyclic) bond motifs is 1. The molecule has 1 amide bonds. The van der Waals surface area contributed by atoms with Crippen LogP contribution in [0.5, 0.6) is 0 Å². The molecule has 2 nitrogen and oxygen atoms in total. The van der Waals surface area contributed by atoms with Crippen molar-refractivity contribution in [3.8, 4) is 0 Å². The quantitative estimate of drug-likeness (QED) is 0.561. The maximum absolute atomic E-state index is 11.7. The summed E-state index contributed by atoms with van der Waals surface area (Å²) >= 11 is 0. The Bertz CT molecular complexity index is 212. The molecule has 1 unspecified atom stereocenters. The van der Waals surface area contributed by atoms with Crippen molar-refractivity contribution in [1.82, 2.24) is 4.90 Å². The fraction of sp³-hybridized carbons (Fsp3) is 0.909. The van der Waals surface area contributed by atoms with E-state index in [1.54, 1.807) is 0 Å². The second-order valence-electron chi connectivity index (χ2n) is 4.64. The summed E-state index contributed by atoms with van der Waals surface area (Å²) in [6.07, 6.45) is 5.67. The van der Waals surface area contributed by atoms with Crippen molar-refractivity contribution < 1.29 is 4.79 Å². The Balaban J connectivity index is 2.15. The van der Waals surface area contributed by atoms with Gasteiger partial charge >= 0.3 is 0 Å².